The molecule has 1 saturated carbocycles. The van der Waals surface area contributed by atoms with Gasteiger partial charge in [-0.2, -0.15) is 0 Å². The first kappa shape index (κ1) is 10.5. The third-order valence-electron chi connectivity index (χ3n) is 3.57. The second kappa shape index (κ2) is 3.66. The summed E-state index contributed by atoms with van der Waals surface area (Å²) in [7, 11) is 0. The lowest BCUT2D eigenvalue weighted by atomic mass is 9.66. The van der Waals surface area contributed by atoms with Crippen molar-refractivity contribution >= 4 is 5.97 Å². The van der Waals surface area contributed by atoms with Crippen LogP contribution in [0.15, 0.2) is 0 Å². The molecule has 0 aromatic heterocycles. The fourth-order valence-corrected chi connectivity index (χ4v) is 2.36. The minimum atomic E-state index is -0.775. The van der Waals surface area contributed by atoms with Gasteiger partial charge in [0, 0.05) is 5.54 Å². The number of carboxylic acids is 1. The second-order valence-electron chi connectivity index (χ2n) is 4.42. The van der Waals surface area contributed by atoms with E-state index < -0.39 is 11.5 Å². The van der Waals surface area contributed by atoms with Gasteiger partial charge in [0.15, 0.2) is 0 Å². The Labute approximate surface area is 79.3 Å². The van der Waals surface area contributed by atoms with Crippen molar-refractivity contribution in [1.82, 2.24) is 0 Å². The summed E-state index contributed by atoms with van der Waals surface area (Å²) >= 11 is 0. The van der Waals surface area contributed by atoms with Gasteiger partial charge in [0.2, 0.25) is 0 Å². The summed E-state index contributed by atoms with van der Waals surface area (Å²) in [5.74, 6) is -0.122. The monoisotopic (exact) mass is 185 g/mol. The number of hydrogen-bond acceptors (Lipinski definition) is 2. The molecule has 3 heteroatoms. The van der Waals surface area contributed by atoms with Crippen molar-refractivity contribution in [1.29, 1.82) is 0 Å². The fourth-order valence-electron chi connectivity index (χ4n) is 2.36. The van der Waals surface area contributed by atoms with Crippen LogP contribution in [-0.2, 0) is 4.79 Å². The minimum absolute atomic E-state index is 0.106. The van der Waals surface area contributed by atoms with Gasteiger partial charge in [0.25, 0.3) is 0 Å². The molecule has 1 aliphatic rings. The molecular formula is C10H19NO2. The molecule has 3 nitrogen and oxygen atoms in total. The first-order valence-corrected chi connectivity index (χ1v) is 4.97. The van der Waals surface area contributed by atoms with E-state index >= 15 is 0 Å². The fraction of sp³-hybridized carbons (Fsp3) is 0.900. The van der Waals surface area contributed by atoms with E-state index in [4.69, 9.17) is 10.8 Å². The van der Waals surface area contributed by atoms with Gasteiger partial charge >= 0.3 is 5.97 Å². The quantitative estimate of drug-likeness (QED) is 0.687. The molecule has 0 aromatic carbocycles. The van der Waals surface area contributed by atoms with Crippen LogP contribution in [0.5, 0.6) is 0 Å². The van der Waals surface area contributed by atoms with Crippen LogP contribution in [0.1, 0.15) is 39.5 Å². The molecule has 13 heavy (non-hydrogen) atoms. The van der Waals surface area contributed by atoms with E-state index in [0.717, 1.165) is 12.8 Å². The molecule has 0 heterocycles. The molecule has 76 valence electrons. The second-order valence-corrected chi connectivity index (χ2v) is 4.42. The SMILES string of the molecule is C[C@H]1CCC[C@H](C)C1(N)CC(=O)O. The van der Waals surface area contributed by atoms with Gasteiger partial charge in [-0.3, -0.25) is 4.79 Å². The third-order valence-corrected chi connectivity index (χ3v) is 3.57. The topological polar surface area (TPSA) is 63.3 Å². The normalized spacial score (nSPS) is 32.8. The molecule has 3 N–H and O–H groups in total. The molecule has 1 aliphatic carbocycles. The van der Waals surface area contributed by atoms with Gasteiger partial charge < -0.3 is 10.8 Å². The van der Waals surface area contributed by atoms with Gasteiger partial charge in [-0.05, 0) is 24.7 Å². The first-order valence-electron chi connectivity index (χ1n) is 4.97. The van der Waals surface area contributed by atoms with E-state index in [1.807, 2.05) is 0 Å². The molecule has 1 fully saturated rings. The highest BCUT2D eigenvalue weighted by Crippen LogP contribution is 2.38. The Morgan fingerprint density at radius 3 is 2.31 bits per heavy atom. The minimum Gasteiger partial charge on any atom is -0.481 e. The summed E-state index contributed by atoms with van der Waals surface area (Å²) in [6.07, 6.45) is 3.42. The van der Waals surface area contributed by atoms with E-state index in [1.54, 1.807) is 0 Å². The Bertz CT molecular complexity index is 193. The Balaban J connectivity index is 2.74. The van der Waals surface area contributed by atoms with Gasteiger partial charge in [-0.25, -0.2) is 0 Å². The van der Waals surface area contributed by atoms with E-state index in [0.29, 0.717) is 11.8 Å². The summed E-state index contributed by atoms with van der Waals surface area (Å²) in [5, 5.41) is 8.79. The zero-order valence-corrected chi connectivity index (χ0v) is 8.42. The van der Waals surface area contributed by atoms with E-state index in [2.05, 4.69) is 13.8 Å². The summed E-state index contributed by atoms with van der Waals surface area (Å²) in [5.41, 5.74) is 5.68. The first-order chi connectivity index (χ1) is 5.97. The maximum absolute atomic E-state index is 10.7. The average Bonchev–Trinajstić information content (AvgIpc) is 1.99. The lowest BCUT2D eigenvalue weighted by Gasteiger charge is -2.43. The molecular weight excluding hydrogens is 166 g/mol. The van der Waals surface area contributed by atoms with Gasteiger partial charge in [0.1, 0.15) is 0 Å². The van der Waals surface area contributed by atoms with Crippen LogP contribution in [-0.4, -0.2) is 16.6 Å². The smallest absolute Gasteiger partial charge is 0.305 e. The zero-order chi connectivity index (χ0) is 10.1. The largest absolute Gasteiger partial charge is 0.481 e. The molecule has 0 aromatic rings. The maximum Gasteiger partial charge on any atom is 0.305 e. The number of nitrogens with two attached hydrogens (primary N) is 1. The van der Waals surface area contributed by atoms with Gasteiger partial charge in [-0.15, -0.1) is 0 Å². The molecule has 0 amide bonds. The van der Waals surface area contributed by atoms with Crippen molar-refractivity contribution in [3.8, 4) is 0 Å². The molecule has 0 radical (unpaired) electrons. The van der Waals surface area contributed by atoms with Crippen LogP contribution in [0, 0.1) is 11.8 Å². The highest BCUT2D eigenvalue weighted by atomic mass is 16.4. The van der Waals surface area contributed by atoms with Crippen molar-refractivity contribution in [2.75, 3.05) is 0 Å². The van der Waals surface area contributed by atoms with Crippen LogP contribution in [0.3, 0.4) is 0 Å². The predicted molar refractivity (Wildman–Crippen MR) is 51.4 cm³/mol. The van der Waals surface area contributed by atoms with E-state index in [9.17, 15) is 4.79 Å². The number of rotatable bonds is 2. The molecule has 2 atom stereocenters. The average molecular weight is 185 g/mol. The van der Waals surface area contributed by atoms with Crippen molar-refractivity contribution in [2.24, 2.45) is 17.6 Å². The number of aliphatic carboxylic acids is 1. The molecule has 0 aliphatic heterocycles. The molecule has 0 bridgehead atoms. The lowest BCUT2D eigenvalue weighted by molar-refractivity contribution is -0.140. The molecule has 0 spiro atoms. The number of hydrogen-bond donors (Lipinski definition) is 2. The Kier molecular flexibility index (Phi) is 2.96. The van der Waals surface area contributed by atoms with Crippen LogP contribution in [0.25, 0.3) is 0 Å². The van der Waals surface area contributed by atoms with Crippen LogP contribution < -0.4 is 5.73 Å². The Hall–Kier alpha value is -0.570. The highest BCUT2D eigenvalue weighted by molar-refractivity contribution is 5.68. The standard InChI is InChI=1S/C10H19NO2/c1-7-4-3-5-8(2)10(7,11)6-9(12)13/h7-8H,3-6,11H2,1-2H3,(H,12,13)/t7-,8-/m0/s1. The lowest BCUT2D eigenvalue weighted by Crippen LogP contribution is -2.55. The molecule has 0 unspecified atom stereocenters. The third kappa shape index (κ3) is 2.02. The van der Waals surface area contributed by atoms with Gasteiger partial charge in [0.05, 0.1) is 6.42 Å². The maximum atomic E-state index is 10.7. The van der Waals surface area contributed by atoms with Gasteiger partial charge in [-0.1, -0.05) is 20.3 Å². The highest BCUT2D eigenvalue weighted by Gasteiger charge is 2.41. The van der Waals surface area contributed by atoms with E-state index in [-0.39, 0.29) is 6.42 Å². The predicted octanol–water partition coefficient (Wildman–Crippen LogP) is 1.61. The number of carboxylic acid groups (broad SMARTS) is 1. The van der Waals surface area contributed by atoms with Crippen LogP contribution in [0.2, 0.25) is 0 Å². The summed E-state index contributed by atoms with van der Waals surface area (Å²) in [6, 6.07) is 0. The van der Waals surface area contributed by atoms with E-state index in [1.165, 1.54) is 6.42 Å². The zero-order valence-electron chi connectivity index (χ0n) is 8.42. The van der Waals surface area contributed by atoms with Crippen molar-refractivity contribution in [2.45, 2.75) is 45.1 Å². The number of carbonyl (C=O) groups is 1. The van der Waals surface area contributed by atoms with Crippen molar-refractivity contribution in [3.05, 3.63) is 0 Å². The Morgan fingerprint density at radius 1 is 1.46 bits per heavy atom. The molecule has 0 saturated heterocycles. The molecule has 1 rings (SSSR count). The summed E-state index contributed by atoms with van der Waals surface area (Å²) in [6.45, 7) is 4.14. The van der Waals surface area contributed by atoms with Crippen LogP contribution in [0.4, 0.5) is 0 Å². The van der Waals surface area contributed by atoms with Crippen LogP contribution >= 0.6 is 0 Å². The Morgan fingerprint density at radius 2 is 1.92 bits per heavy atom. The van der Waals surface area contributed by atoms with Crippen molar-refractivity contribution in [3.63, 3.8) is 0 Å². The summed E-state index contributed by atoms with van der Waals surface area (Å²) < 4.78 is 0. The summed E-state index contributed by atoms with van der Waals surface area (Å²) in [4.78, 5) is 10.7. The van der Waals surface area contributed by atoms with Crippen molar-refractivity contribution < 1.29 is 9.90 Å².